The first-order valence-corrected chi connectivity index (χ1v) is 3.97. The molecular weight excluding hydrogens is 170 g/mol. The lowest BCUT2D eigenvalue weighted by atomic mass is 10.5. The molecule has 1 heterocycles. The molecule has 0 spiro atoms. The van der Waals surface area contributed by atoms with Crippen molar-refractivity contribution in [3.63, 3.8) is 0 Å². The van der Waals surface area contributed by atoms with Crippen LogP contribution in [0.3, 0.4) is 0 Å². The molecule has 1 aromatic heterocycles. The lowest BCUT2D eigenvalue weighted by Crippen LogP contribution is -2.24. The summed E-state index contributed by atoms with van der Waals surface area (Å²) in [4.78, 5) is 10.9. The minimum absolute atomic E-state index is 0.257. The molecule has 2 amide bonds. The van der Waals surface area contributed by atoms with Gasteiger partial charge in [0.05, 0.1) is 18.4 Å². The molecule has 0 bridgehead atoms. The monoisotopic (exact) mass is 183 g/mol. The van der Waals surface area contributed by atoms with Gasteiger partial charge in [0.2, 0.25) is 0 Å². The number of anilines is 1. The minimum atomic E-state index is -0.257. The number of carbonyl (C=O) groups is 1. The van der Waals surface area contributed by atoms with Crippen LogP contribution in [0.25, 0.3) is 0 Å². The third-order valence-electron chi connectivity index (χ3n) is 1.48. The van der Waals surface area contributed by atoms with Gasteiger partial charge < -0.3 is 16.4 Å². The van der Waals surface area contributed by atoms with Gasteiger partial charge >= 0.3 is 6.03 Å². The zero-order valence-electron chi connectivity index (χ0n) is 7.45. The molecule has 4 N–H and O–H groups in total. The van der Waals surface area contributed by atoms with E-state index in [0.717, 1.165) is 0 Å². The largest absolute Gasteiger partial charge is 0.341 e. The van der Waals surface area contributed by atoms with Crippen molar-refractivity contribution in [2.75, 3.05) is 18.9 Å². The van der Waals surface area contributed by atoms with E-state index in [9.17, 15) is 4.79 Å². The molecule has 1 rings (SSSR count). The maximum absolute atomic E-state index is 10.9. The quantitative estimate of drug-likeness (QED) is 0.595. The summed E-state index contributed by atoms with van der Waals surface area (Å²) in [5.74, 6) is 0. The Bertz CT molecular complexity index is 282. The molecular formula is C7H13N5O. The van der Waals surface area contributed by atoms with Gasteiger partial charge in [0, 0.05) is 19.8 Å². The van der Waals surface area contributed by atoms with Crippen molar-refractivity contribution < 1.29 is 4.79 Å². The maximum Gasteiger partial charge on any atom is 0.319 e. The number of urea groups is 1. The molecule has 6 nitrogen and oxygen atoms in total. The lowest BCUT2D eigenvalue weighted by molar-refractivity contribution is 0.254. The van der Waals surface area contributed by atoms with E-state index < -0.39 is 0 Å². The predicted molar refractivity (Wildman–Crippen MR) is 49.4 cm³/mol. The summed E-state index contributed by atoms with van der Waals surface area (Å²) in [5, 5.41) is 9.03. The van der Waals surface area contributed by atoms with Crippen LogP contribution < -0.4 is 16.4 Å². The molecule has 0 unspecified atom stereocenters. The molecule has 0 aliphatic heterocycles. The Balaban J connectivity index is 2.53. The van der Waals surface area contributed by atoms with Crippen LogP contribution in [0.4, 0.5) is 10.5 Å². The first-order chi connectivity index (χ1) is 6.26. The fourth-order valence-electron chi connectivity index (χ4n) is 0.876. The zero-order chi connectivity index (χ0) is 9.68. The van der Waals surface area contributed by atoms with E-state index in [-0.39, 0.29) is 6.03 Å². The van der Waals surface area contributed by atoms with Gasteiger partial charge in [-0.05, 0) is 0 Å². The van der Waals surface area contributed by atoms with Crippen molar-refractivity contribution in [1.29, 1.82) is 0 Å². The Morgan fingerprint density at radius 2 is 2.54 bits per heavy atom. The smallest absolute Gasteiger partial charge is 0.319 e. The first kappa shape index (κ1) is 9.53. The van der Waals surface area contributed by atoms with Crippen LogP contribution in [0.15, 0.2) is 12.4 Å². The van der Waals surface area contributed by atoms with Crippen LogP contribution in [-0.4, -0.2) is 29.4 Å². The van der Waals surface area contributed by atoms with Crippen LogP contribution in [0.2, 0.25) is 0 Å². The molecule has 0 saturated heterocycles. The Morgan fingerprint density at radius 3 is 3.15 bits per heavy atom. The lowest BCUT2D eigenvalue weighted by Gasteiger charge is -1.99. The van der Waals surface area contributed by atoms with Crippen LogP contribution in [-0.2, 0) is 6.54 Å². The molecule has 1 aromatic rings. The molecule has 0 atom stereocenters. The molecule has 0 aromatic carbocycles. The molecule has 13 heavy (non-hydrogen) atoms. The topological polar surface area (TPSA) is 85.0 Å². The van der Waals surface area contributed by atoms with Gasteiger partial charge in [-0.1, -0.05) is 0 Å². The van der Waals surface area contributed by atoms with Crippen LogP contribution in [0.1, 0.15) is 0 Å². The highest BCUT2D eigenvalue weighted by Crippen LogP contribution is 2.03. The third-order valence-corrected chi connectivity index (χ3v) is 1.48. The van der Waals surface area contributed by atoms with Gasteiger partial charge in [-0.3, -0.25) is 4.68 Å². The second-order valence-corrected chi connectivity index (χ2v) is 2.48. The SMILES string of the molecule is CNC(=O)Nc1cnn(CCN)c1. The van der Waals surface area contributed by atoms with Crippen LogP contribution in [0.5, 0.6) is 0 Å². The van der Waals surface area contributed by atoms with Gasteiger partial charge in [0.1, 0.15) is 0 Å². The van der Waals surface area contributed by atoms with E-state index in [0.29, 0.717) is 18.8 Å². The fraction of sp³-hybridized carbons (Fsp3) is 0.429. The summed E-state index contributed by atoms with van der Waals surface area (Å²) in [6.07, 6.45) is 3.30. The third kappa shape index (κ3) is 2.75. The van der Waals surface area contributed by atoms with Crippen molar-refractivity contribution in [3.05, 3.63) is 12.4 Å². The summed E-state index contributed by atoms with van der Waals surface area (Å²) in [5.41, 5.74) is 6.00. The van der Waals surface area contributed by atoms with Gasteiger partial charge in [-0.25, -0.2) is 4.79 Å². The Labute approximate surface area is 76.1 Å². The number of hydrogen-bond donors (Lipinski definition) is 3. The molecule has 0 radical (unpaired) electrons. The molecule has 72 valence electrons. The van der Waals surface area contributed by atoms with Gasteiger partial charge in [0.15, 0.2) is 0 Å². The number of rotatable bonds is 3. The normalized spacial score (nSPS) is 9.69. The van der Waals surface area contributed by atoms with Crippen molar-refractivity contribution >= 4 is 11.7 Å². The maximum atomic E-state index is 10.9. The van der Waals surface area contributed by atoms with Gasteiger partial charge in [-0.15, -0.1) is 0 Å². The number of nitrogens with zero attached hydrogens (tertiary/aromatic N) is 2. The van der Waals surface area contributed by atoms with Gasteiger partial charge in [-0.2, -0.15) is 5.10 Å². The highest BCUT2D eigenvalue weighted by atomic mass is 16.2. The highest BCUT2D eigenvalue weighted by molar-refractivity contribution is 5.88. The number of carbonyl (C=O) groups excluding carboxylic acids is 1. The van der Waals surface area contributed by atoms with Crippen molar-refractivity contribution in [2.45, 2.75) is 6.54 Å². The summed E-state index contributed by atoms with van der Waals surface area (Å²) in [7, 11) is 1.56. The average Bonchev–Trinajstić information content (AvgIpc) is 2.53. The molecule has 0 aliphatic rings. The molecule has 0 fully saturated rings. The number of hydrogen-bond acceptors (Lipinski definition) is 3. The minimum Gasteiger partial charge on any atom is -0.341 e. The molecule has 0 saturated carbocycles. The van der Waals surface area contributed by atoms with E-state index in [1.807, 2.05) is 0 Å². The van der Waals surface area contributed by atoms with E-state index >= 15 is 0 Å². The van der Waals surface area contributed by atoms with Crippen LogP contribution in [0, 0.1) is 0 Å². The number of nitrogens with one attached hydrogen (secondary N) is 2. The average molecular weight is 183 g/mol. The van der Waals surface area contributed by atoms with Crippen LogP contribution >= 0.6 is 0 Å². The second-order valence-electron chi connectivity index (χ2n) is 2.48. The highest BCUT2D eigenvalue weighted by Gasteiger charge is 2.00. The molecule has 6 heteroatoms. The van der Waals surface area contributed by atoms with E-state index in [1.54, 1.807) is 24.1 Å². The van der Waals surface area contributed by atoms with Gasteiger partial charge in [0.25, 0.3) is 0 Å². The fourth-order valence-corrected chi connectivity index (χ4v) is 0.876. The number of aromatic nitrogens is 2. The first-order valence-electron chi connectivity index (χ1n) is 3.97. The van der Waals surface area contributed by atoms with E-state index in [4.69, 9.17) is 5.73 Å². The Morgan fingerprint density at radius 1 is 1.77 bits per heavy atom. The number of amides is 2. The second kappa shape index (κ2) is 4.46. The Kier molecular flexibility index (Phi) is 3.27. The standard InChI is InChI=1S/C7H13N5O/c1-9-7(13)11-6-4-10-12(5-6)3-2-8/h4-5H,2-3,8H2,1H3,(H2,9,11,13). The van der Waals surface area contributed by atoms with Crippen molar-refractivity contribution in [2.24, 2.45) is 5.73 Å². The zero-order valence-corrected chi connectivity index (χ0v) is 7.45. The summed E-state index contributed by atoms with van der Waals surface area (Å²) < 4.78 is 1.67. The summed E-state index contributed by atoms with van der Waals surface area (Å²) in [6, 6.07) is -0.257. The summed E-state index contributed by atoms with van der Waals surface area (Å²) >= 11 is 0. The van der Waals surface area contributed by atoms with Crippen molar-refractivity contribution in [1.82, 2.24) is 15.1 Å². The van der Waals surface area contributed by atoms with E-state index in [2.05, 4.69) is 15.7 Å². The van der Waals surface area contributed by atoms with E-state index in [1.165, 1.54) is 0 Å². The number of nitrogens with two attached hydrogens (primary N) is 1. The predicted octanol–water partition coefficient (Wildman–Crippen LogP) is -0.407. The van der Waals surface area contributed by atoms with Crippen molar-refractivity contribution in [3.8, 4) is 0 Å². The summed E-state index contributed by atoms with van der Waals surface area (Å²) in [6.45, 7) is 1.18. The molecule has 0 aliphatic carbocycles. The Hall–Kier alpha value is -1.56.